The van der Waals surface area contributed by atoms with Crippen molar-refractivity contribution in [2.24, 2.45) is 11.8 Å². The topological polar surface area (TPSA) is 51.0 Å². The fourth-order valence-corrected chi connectivity index (χ4v) is 5.25. The van der Waals surface area contributed by atoms with E-state index in [1.807, 2.05) is 34.0 Å². The number of hydrogen-bond donors (Lipinski definition) is 0. The smallest absolute Gasteiger partial charge is 0.254 e. The summed E-state index contributed by atoms with van der Waals surface area (Å²) in [4.78, 5) is 19.4. The molecule has 1 aliphatic heterocycles. The highest BCUT2D eigenvalue weighted by atomic mass is 19.1. The first-order valence-corrected chi connectivity index (χ1v) is 11.8. The molecular formula is C26H27FN4O. The van der Waals surface area contributed by atoms with Gasteiger partial charge in [-0.25, -0.2) is 4.39 Å². The number of rotatable bonds is 6. The molecule has 0 radical (unpaired) electrons. The van der Waals surface area contributed by atoms with Gasteiger partial charge in [-0.3, -0.25) is 14.5 Å². The molecule has 164 valence electrons. The van der Waals surface area contributed by atoms with Crippen molar-refractivity contribution in [1.29, 1.82) is 0 Å². The highest BCUT2D eigenvalue weighted by Gasteiger charge is 2.33. The van der Waals surface area contributed by atoms with Gasteiger partial charge < -0.3 is 4.90 Å². The van der Waals surface area contributed by atoms with Gasteiger partial charge in [-0.05, 0) is 55.2 Å². The van der Waals surface area contributed by atoms with Gasteiger partial charge in [0.25, 0.3) is 5.91 Å². The lowest BCUT2D eigenvalue weighted by Crippen LogP contribution is -2.26. The Morgan fingerprint density at radius 3 is 2.62 bits per heavy atom. The van der Waals surface area contributed by atoms with Crippen molar-refractivity contribution in [1.82, 2.24) is 19.7 Å². The van der Waals surface area contributed by atoms with Gasteiger partial charge in [0.15, 0.2) is 0 Å². The number of carbonyl (C=O) groups is 1. The van der Waals surface area contributed by atoms with Crippen molar-refractivity contribution >= 4 is 5.91 Å². The summed E-state index contributed by atoms with van der Waals surface area (Å²) >= 11 is 0. The zero-order valence-electron chi connectivity index (χ0n) is 18.1. The molecular weight excluding hydrogens is 403 g/mol. The second-order valence-electron chi connectivity index (χ2n) is 9.62. The van der Waals surface area contributed by atoms with E-state index in [0.717, 1.165) is 35.3 Å². The van der Waals surface area contributed by atoms with Crippen LogP contribution in [0.5, 0.6) is 0 Å². The highest BCUT2D eigenvalue weighted by molar-refractivity contribution is 6.00. The molecule has 32 heavy (non-hydrogen) atoms. The number of benzene rings is 1. The van der Waals surface area contributed by atoms with Crippen LogP contribution in [0.1, 0.15) is 54.4 Å². The molecule has 0 N–H and O–H groups in total. The van der Waals surface area contributed by atoms with Crippen molar-refractivity contribution in [3.05, 3.63) is 59.8 Å². The molecule has 3 aromatic rings. The van der Waals surface area contributed by atoms with Gasteiger partial charge in [0.2, 0.25) is 0 Å². The Morgan fingerprint density at radius 1 is 1.00 bits per heavy atom. The fourth-order valence-electron chi connectivity index (χ4n) is 5.25. The number of halogens is 1. The van der Waals surface area contributed by atoms with E-state index in [-0.39, 0.29) is 11.7 Å². The van der Waals surface area contributed by atoms with Crippen LogP contribution in [0.2, 0.25) is 0 Å². The maximum atomic E-state index is 15.0. The average molecular weight is 431 g/mol. The van der Waals surface area contributed by atoms with Crippen molar-refractivity contribution < 1.29 is 9.18 Å². The molecule has 6 heteroatoms. The van der Waals surface area contributed by atoms with E-state index in [4.69, 9.17) is 0 Å². The minimum Gasteiger partial charge on any atom is -0.334 e. The summed E-state index contributed by atoms with van der Waals surface area (Å²) in [5, 5.41) is 4.51. The van der Waals surface area contributed by atoms with Crippen LogP contribution in [0.4, 0.5) is 4.39 Å². The molecule has 0 saturated heterocycles. The number of amides is 1. The molecule has 3 heterocycles. The first kappa shape index (κ1) is 19.6. The number of fused-ring (bicyclic) bond motifs is 1. The number of aromatic nitrogens is 3. The summed E-state index contributed by atoms with van der Waals surface area (Å²) in [7, 11) is 0. The Bertz CT molecular complexity index is 1180. The molecule has 2 saturated carbocycles. The number of nitrogens with zero attached hydrogens (tertiary/aromatic N) is 4. The quantitative estimate of drug-likeness (QED) is 0.533. The van der Waals surface area contributed by atoms with E-state index < -0.39 is 0 Å². The van der Waals surface area contributed by atoms with Crippen molar-refractivity contribution in [2.45, 2.75) is 51.6 Å². The molecule has 0 spiro atoms. The van der Waals surface area contributed by atoms with Gasteiger partial charge >= 0.3 is 0 Å². The van der Waals surface area contributed by atoms with Crippen LogP contribution >= 0.6 is 0 Å². The first-order valence-electron chi connectivity index (χ1n) is 11.8. The largest absolute Gasteiger partial charge is 0.334 e. The monoisotopic (exact) mass is 430 g/mol. The second-order valence-corrected chi connectivity index (χ2v) is 9.62. The number of hydrogen-bond acceptors (Lipinski definition) is 3. The lowest BCUT2D eigenvalue weighted by molar-refractivity contribution is 0.0771. The minimum atomic E-state index is -0.322. The molecule has 2 aromatic heterocycles. The maximum Gasteiger partial charge on any atom is 0.254 e. The number of pyridine rings is 1. The molecule has 2 aliphatic carbocycles. The predicted octanol–water partition coefficient (Wildman–Crippen LogP) is 5.31. The molecule has 0 unspecified atom stereocenters. The van der Waals surface area contributed by atoms with Crippen LogP contribution in [0.15, 0.2) is 42.9 Å². The molecule has 1 aromatic carbocycles. The molecule has 1 amide bonds. The SMILES string of the molecule is O=C1c2cc(-c3nccc(F)c3-c3cnn(CC4CCCC4)c3)ccc2CN1CC1CC1. The van der Waals surface area contributed by atoms with E-state index in [0.29, 0.717) is 29.6 Å². The van der Waals surface area contributed by atoms with Crippen LogP contribution in [0, 0.1) is 17.7 Å². The first-order chi connectivity index (χ1) is 15.7. The third-order valence-electron chi connectivity index (χ3n) is 7.18. The van der Waals surface area contributed by atoms with E-state index in [1.165, 1.54) is 50.8 Å². The number of carbonyl (C=O) groups excluding carboxylic acids is 1. The van der Waals surface area contributed by atoms with E-state index in [2.05, 4.69) is 10.1 Å². The summed E-state index contributed by atoms with van der Waals surface area (Å²) in [6.07, 6.45) is 12.6. The zero-order valence-corrected chi connectivity index (χ0v) is 18.1. The lowest BCUT2D eigenvalue weighted by atomic mass is 9.98. The Hall–Kier alpha value is -3.02. The van der Waals surface area contributed by atoms with Crippen LogP contribution in [0.25, 0.3) is 22.4 Å². The van der Waals surface area contributed by atoms with Crippen molar-refractivity contribution in [2.75, 3.05) is 6.54 Å². The molecule has 3 aliphatic rings. The molecule has 0 bridgehead atoms. The molecule has 6 rings (SSSR count). The predicted molar refractivity (Wildman–Crippen MR) is 120 cm³/mol. The van der Waals surface area contributed by atoms with Crippen molar-refractivity contribution in [3.63, 3.8) is 0 Å². The van der Waals surface area contributed by atoms with Crippen molar-refractivity contribution in [3.8, 4) is 22.4 Å². The van der Waals surface area contributed by atoms with E-state index in [9.17, 15) is 4.79 Å². The summed E-state index contributed by atoms with van der Waals surface area (Å²) < 4.78 is 17.0. The standard InChI is InChI=1S/C26H27FN4O/c27-23-9-10-28-25(24(23)21-12-29-31(16-21)14-17-3-1-2-4-17)19-7-8-20-15-30(13-18-5-6-18)26(32)22(20)11-19/h7-12,16-18H,1-6,13-15H2. The Morgan fingerprint density at radius 2 is 1.81 bits per heavy atom. The average Bonchev–Trinajstić information content (AvgIpc) is 3.15. The normalized spacial score (nSPS) is 18.5. The summed E-state index contributed by atoms with van der Waals surface area (Å²) in [6, 6.07) is 7.23. The maximum absolute atomic E-state index is 15.0. The Labute approximate surface area is 187 Å². The Balaban J connectivity index is 1.32. The van der Waals surface area contributed by atoms with Gasteiger partial charge in [-0.1, -0.05) is 25.0 Å². The van der Waals surface area contributed by atoms with Gasteiger partial charge in [-0.15, -0.1) is 0 Å². The lowest BCUT2D eigenvalue weighted by Gasteiger charge is -2.14. The van der Waals surface area contributed by atoms with Gasteiger partial charge in [-0.2, -0.15) is 5.10 Å². The zero-order chi connectivity index (χ0) is 21.7. The van der Waals surface area contributed by atoms with Crippen LogP contribution in [-0.2, 0) is 13.1 Å². The molecule has 5 nitrogen and oxygen atoms in total. The summed E-state index contributed by atoms with van der Waals surface area (Å²) in [6.45, 7) is 2.39. The Kier molecular flexibility index (Phi) is 4.81. The summed E-state index contributed by atoms with van der Waals surface area (Å²) in [5.74, 6) is 1.07. The van der Waals surface area contributed by atoms with Gasteiger partial charge in [0.1, 0.15) is 5.82 Å². The van der Waals surface area contributed by atoms with Gasteiger partial charge in [0, 0.05) is 54.3 Å². The second kappa shape index (κ2) is 7.84. The van der Waals surface area contributed by atoms with Gasteiger partial charge in [0.05, 0.1) is 11.9 Å². The third-order valence-corrected chi connectivity index (χ3v) is 7.18. The van der Waals surface area contributed by atoms with Crippen LogP contribution < -0.4 is 0 Å². The fraction of sp³-hybridized carbons (Fsp3) is 0.423. The third kappa shape index (κ3) is 3.61. The van der Waals surface area contributed by atoms with E-state index >= 15 is 4.39 Å². The van der Waals surface area contributed by atoms with Crippen LogP contribution in [0.3, 0.4) is 0 Å². The molecule has 2 fully saturated rings. The minimum absolute atomic E-state index is 0.0797. The highest BCUT2D eigenvalue weighted by Crippen LogP contribution is 2.37. The van der Waals surface area contributed by atoms with Crippen LogP contribution in [-0.4, -0.2) is 32.1 Å². The molecule has 0 atom stereocenters. The summed E-state index contributed by atoms with van der Waals surface area (Å²) in [5.41, 5.74) is 4.26. The van der Waals surface area contributed by atoms with E-state index in [1.54, 1.807) is 6.20 Å².